The molecule has 0 saturated carbocycles. The van der Waals surface area contributed by atoms with Crippen LogP contribution in [-0.2, 0) is 13.1 Å². The van der Waals surface area contributed by atoms with Crippen LogP contribution < -0.4 is 0 Å². The maximum atomic E-state index is 13.2. The number of rotatable bonds is 4. The first-order valence-corrected chi connectivity index (χ1v) is 9.04. The van der Waals surface area contributed by atoms with Crippen LogP contribution in [0.2, 0.25) is 0 Å². The Kier molecular flexibility index (Phi) is 4.78. The van der Waals surface area contributed by atoms with E-state index in [-0.39, 0.29) is 5.82 Å². The average molecular weight is 405 g/mol. The Hall–Kier alpha value is -1.83. The maximum Gasteiger partial charge on any atom is 0.170 e. The summed E-state index contributed by atoms with van der Waals surface area (Å²) < 4.78 is 19.5. The van der Waals surface area contributed by atoms with Crippen LogP contribution in [0.5, 0.6) is 0 Å². The lowest BCUT2D eigenvalue weighted by Gasteiger charge is -2.34. The Labute approximate surface area is 153 Å². The van der Waals surface area contributed by atoms with Gasteiger partial charge in [0.1, 0.15) is 11.5 Å². The zero-order valence-corrected chi connectivity index (χ0v) is 15.2. The van der Waals surface area contributed by atoms with Gasteiger partial charge in [0.25, 0.3) is 0 Å². The number of hydrogen-bond donors (Lipinski definition) is 0. The summed E-state index contributed by atoms with van der Waals surface area (Å²) in [7, 11) is 0. The van der Waals surface area contributed by atoms with Gasteiger partial charge in [-0.05, 0) is 39.7 Å². The number of pyridine rings is 1. The lowest BCUT2D eigenvalue weighted by atomic mass is 10.2. The highest BCUT2D eigenvalue weighted by Crippen LogP contribution is 2.21. The molecule has 3 heterocycles. The Balaban J connectivity index is 1.35. The fraction of sp³-hybridized carbons (Fsp3) is 0.333. The summed E-state index contributed by atoms with van der Waals surface area (Å²) in [5, 5.41) is 5.01. The SMILES string of the molecule is Fc1ccc2c(CN3CCN(Cc4cncc(Br)c4)CC3)noc2c1. The van der Waals surface area contributed by atoms with Crippen LogP contribution in [0.3, 0.4) is 0 Å². The summed E-state index contributed by atoms with van der Waals surface area (Å²) in [5.41, 5.74) is 2.60. The Morgan fingerprint density at radius 1 is 1.04 bits per heavy atom. The molecular formula is C18H18BrFN4O. The summed E-state index contributed by atoms with van der Waals surface area (Å²) in [5.74, 6) is -0.300. The van der Waals surface area contributed by atoms with Crippen LogP contribution in [0.25, 0.3) is 11.0 Å². The first-order valence-electron chi connectivity index (χ1n) is 8.25. The molecule has 7 heteroatoms. The van der Waals surface area contributed by atoms with Crippen molar-refractivity contribution in [3.8, 4) is 0 Å². The average Bonchev–Trinajstić information content (AvgIpc) is 2.98. The van der Waals surface area contributed by atoms with Gasteiger partial charge in [-0.25, -0.2) is 4.39 Å². The molecule has 0 radical (unpaired) electrons. The third kappa shape index (κ3) is 3.89. The smallest absolute Gasteiger partial charge is 0.170 e. The molecule has 1 saturated heterocycles. The number of nitrogens with zero attached hydrogens (tertiary/aromatic N) is 4. The molecule has 25 heavy (non-hydrogen) atoms. The molecule has 3 aromatic rings. The van der Waals surface area contributed by atoms with Crippen molar-refractivity contribution in [1.29, 1.82) is 0 Å². The molecule has 5 nitrogen and oxygen atoms in total. The van der Waals surface area contributed by atoms with Crippen LogP contribution in [0, 0.1) is 5.82 Å². The summed E-state index contributed by atoms with van der Waals surface area (Å²) in [6.07, 6.45) is 3.72. The van der Waals surface area contributed by atoms with Gasteiger partial charge in [-0.3, -0.25) is 14.8 Å². The fourth-order valence-electron chi connectivity index (χ4n) is 3.20. The van der Waals surface area contributed by atoms with Crippen LogP contribution in [0.15, 0.2) is 45.7 Å². The molecule has 1 aliphatic rings. The third-order valence-corrected chi connectivity index (χ3v) is 4.95. The zero-order valence-electron chi connectivity index (χ0n) is 13.7. The first kappa shape index (κ1) is 16.6. The van der Waals surface area contributed by atoms with Gasteiger partial charge in [-0.2, -0.15) is 0 Å². The topological polar surface area (TPSA) is 45.4 Å². The maximum absolute atomic E-state index is 13.2. The van der Waals surface area contributed by atoms with Crippen molar-refractivity contribution in [3.63, 3.8) is 0 Å². The molecule has 1 aliphatic heterocycles. The second-order valence-corrected chi connectivity index (χ2v) is 7.25. The largest absolute Gasteiger partial charge is 0.356 e. The molecule has 0 bridgehead atoms. The number of fused-ring (bicyclic) bond motifs is 1. The first-order chi connectivity index (χ1) is 12.2. The number of halogens is 2. The molecule has 0 atom stereocenters. The molecule has 0 aliphatic carbocycles. The second-order valence-electron chi connectivity index (χ2n) is 6.33. The number of benzene rings is 1. The minimum atomic E-state index is -0.300. The van der Waals surface area contributed by atoms with E-state index in [1.54, 1.807) is 12.3 Å². The van der Waals surface area contributed by atoms with Crippen molar-refractivity contribution in [3.05, 3.63) is 58.2 Å². The van der Waals surface area contributed by atoms with Gasteiger partial charge in [-0.1, -0.05) is 5.16 Å². The standard InChI is InChI=1S/C18H18BrFN4O/c19-14-7-13(9-21-10-14)11-23-3-5-24(6-4-23)12-17-16-2-1-15(20)8-18(16)25-22-17/h1-2,7-10H,3-6,11-12H2. The van der Waals surface area contributed by atoms with Crippen molar-refractivity contribution in [2.75, 3.05) is 26.2 Å². The van der Waals surface area contributed by atoms with Gasteiger partial charge in [0, 0.05) is 67.6 Å². The third-order valence-electron chi connectivity index (χ3n) is 4.51. The van der Waals surface area contributed by atoms with Crippen molar-refractivity contribution >= 4 is 26.9 Å². The molecule has 1 aromatic carbocycles. The van der Waals surface area contributed by atoms with E-state index in [0.717, 1.165) is 54.8 Å². The Bertz CT molecular complexity index is 876. The highest BCUT2D eigenvalue weighted by molar-refractivity contribution is 9.10. The van der Waals surface area contributed by atoms with E-state index >= 15 is 0 Å². The number of hydrogen-bond acceptors (Lipinski definition) is 5. The zero-order chi connectivity index (χ0) is 17.2. The Morgan fingerprint density at radius 2 is 1.80 bits per heavy atom. The summed E-state index contributed by atoms with van der Waals surface area (Å²) in [6, 6.07) is 6.69. The predicted octanol–water partition coefficient (Wildman–Crippen LogP) is 3.44. The fourth-order valence-corrected chi connectivity index (χ4v) is 3.61. The van der Waals surface area contributed by atoms with E-state index in [4.69, 9.17) is 4.52 Å². The summed E-state index contributed by atoms with van der Waals surface area (Å²) in [6.45, 7) is 5.57. The highest BCUT2D eigenvalue weighted by Gasteiger charge is 2.19. The molecule has 4 rings (SSSR count). The van der Waals surface area contributed by atoms with E-state index in [1.807, 2.05) is 6.20 Å². The molecule has 0 spiro atoms. The molecule has 0 N–H and O–H groups in total. The lowest BCUT2D eigenvalue weighted by molar-refractivity contribution is 0.120. The van der Waals surface area contributed by atoms with Crippen LogP contribution in [0.4, 0.5) is 4.39 Å². The monoisotopic (exact) mass is 404 g/mol. The molecular weight excluding hydrogens is 387 g/mol. The van der Waals surface area contributed by atoms with Gasteiger partial charge in [-0.15, -0.1) is 0 Å². The number of aromatic nitrogens is 2. The predicted molar refractivity (Wildman–Crippen MR) is 96.5 cm³/mol. The van der Waals surface area contributed by atoms with Crippen molar-refractivity contribution < 1.29 is 8.91 Å². The van der Waals surface area contributed by atoms with E-state index < -0.39 is 0 Å². The van der Waals surface area contributed by atoms with Crippen LogP contribution in [-0.4, -0.2) is 46.1 Å². The van der Waals surface area contributed by atoms with E-state index in [9.17, 15) is 4.39 Å². The van der Waals surface area contributed by atoms with Gasteiger partial charge in [0.05, 0.1) is 0 Å². The summed E-state index contributed by atoms with van der Waals surface area (Å²) in [4.78, 5) is 9.00. The van der Waals surface area contributed by atoms with Gasteiger partial charge in [0.2, 0.25) is 0 Å². The van der Waals surface area contributed by atoms with Gasteiger partial charge >= 0.3 is 0 Å². The van der Waals surface area contributed by atoms with Gasteiger partial charge in [0.15, 0.2) is 5.58 Å². The Morgan fingerprint density at radius 3 is 2.56 bits per heavy atom. The highest BCUT2D eigenvalue weighted by atomic mass is 79.9. The lowest BCUT2D eigenvalue weighted by Crippen LogP contribution is -2.45. The molecule has 0 amide bonds. The molecule has 0 unspecified atom stereocenters. The quantitative estimate of drug-likeness (QED) is 0.666. The summed E-state index contributed by atoms with van der Waals surface area (Å²) >= 11 is 3.47. The van der Waals surface area contributed by atoms with E-state index in [0.29, 0.717) is 5.58 Å². The molecule has 1 fully saturated rings. The van der Waals surface area contributed by atoms with Gasteiger partial charge < -0.3 is 4.52 Å². The molecule has 2 aromatic heterocycles. The van der Waals surface area contributed by atoms with Crippen molar-refractivity contribution in [2.45, 2.75) is 13.1 Å². The number of piperazine rings is 1. The van der Waals surface area contributed by atoms with E-state index in [1.165, 1.54) is 17.7 Å². The van der Waals surface area contributed by atoms with Crippen LogP contribution in [0.1, 0.15) is 11.3 Å². The van der Waals surface area contributed by atoms with Crippen molar-refractivity contribution in [1.82, 2.24) is 19.9 Å². The minimum Gasteiger partial charge on any atom is -0.356 e. The van der Waals surface area contributed by atoms with Crippen molar-refractivity contribution in [2.24, 2.45) is 0 Å². The minimum absolute atomic E-state index is 0.300. The molecule has 130 valence electrons. The normalized spacial score (nSPS) is 16.6. The van der Waals surface area contributed by atoms with Crippen LogP contribution >= 0.6 is 15.9 Å². The van der Waals surface area contributed by atoms with E-state index in [2.05, 4.69) is 41.9 Å². The second kappa shape index (κ2) is 7.19.